The third kappa shape index (κ3) is 3.24. The van der Waals surface area contributed by atoms with E-state index in [1.54, 1.807) is 21.7 Å². The maximum Gasteiger partial charge on any atom is 0.294 e. The number of hydrogen-bond acceptors (Lipinski definition) is 5. The summed E-state index contributed by atoms with van der Waals surface area (Å²) in [7, 11) is 1.82. The molecule has 138 valence electrons. The van der Waals surface area contributed by atoms with E-state index in [-0.39, 0.29) is 11.6 Å². The first kappa shape index (κ1) is 18.2. The molecule has 1 aliphatic rings. The summed E-state index contributed by atoms with van der Waals surface area (Å²) in [6.07, 6.45) is 0. The van der Waals surface area contributed by atoms with Crippen molar-refractivity contribution in [3.8, 4) is 0 Å². The number of carbonyl (C=O) groups excluding carboxylic acids is 1. The Morgan fingerprint density at radius 3 is 2.42 bits per heavy atom. The van der Waals surface area contributed by atoms with Gasteiger partial charge in [-0.15, -0.1) is 0 Å². The van der Waals surface area contributed by atoms with Crippen LogP contribution in [0.4, 0.5) is 11.4 Å². The number of carbonyl (C=O) groups is 1. The van der Waals surface area contributed by atoms with Crippen LogP contribution in [0.2, 0.25) is 5.02 Å². The van der Waals surface area contributed by atoms with Crippen molar-refractivity contribution in [3.05, 3.63) is 50.3 Å². The summed E-state index contributed by atoms with van der Waals surface area (Å²) in [6, 6.07) is 4.66. The van der Waals surface area contributed by atoms with E-state index in [1.807, 2.05) is 25.8 Å². The maximum atomic E-state index is 12.8. The molecule has 0 unspecified atom stereocenters. The molecule has 1 aromatic heterocycles. The Balaban J connectivity index is 1.76. The highest BCUT2D eigenvalue weighted by molar-refractivity contribution is 6.30. The molecule has 9 heteroatoms. The van der Waals surface area contributed by atoms with Crippen molar-refractivity contribution in [1.82, 2.24) is 14.7 Å². The van der Waals surface area contributed by atoms with Gasteiger partial charge in [0.2, 0.25) is 0 Å². The minimum absolute atomic E-state index is 0.0174. The molecule has 1 aliphatic heterocycles. The Morgan fingerprint density at radius 1 is 1.23 bits per heavy atom. The van der Waals surface area contributed by atoms with Crippen molar-refractivity contribution < 1.29 is 9.72 Å². The van der Waals surface area contributed by atoms with Gasteiger partial charge in [0.05, 0.1) is 16.2 Å². The van der Waals surface area contributed by atoms with E-state index in [2.05, 4.69) is 5.10 Å². The Bertz CT molecular complexity index is 872. The van der Waals surface area contributed by atoms with E-state index in [9.17, 15) is 14.9 Å². The second-order valence-corrected chi connectivity index (χ2v) is 6.78. The molecule has 1 saturated heterocycles. The van der Waals surface area contributed by atoms with Crippen LogP contribution in [0.3, 0.4) is 0 Å². The van der Waals surface area contributed by atoms with Crippen LogP contribution in [0, 0.1) is 24.0 Å². The standard InChI is InChI=1S/C17H20ClN5O3/c1-11-16(12(2)20(3)19-11)17(24)22-8-6-21(7-9-22)14-5-4-13(18)10-15(14)23(25)26/h4-5,10H,6-9H2,1-3H3. The highest BCUT2D eigenvalue weighted by Crippen LogP contribution is 2.31. The van der Waals surface area contributed by atoms with Crippen molar-refractivity contribution in [2.24, 2.45) is 7.05 Å². The lowest BCUT2D eigenvalue weighted by molar-refractivity contribution is -0.384. The molecule has 0 radical (unpaired) electrons. The van der Waals surface area contributed by atoms with E-state index < -0.39 is 4.92 Å². The van der Waals surface area contributed by atoms with Gasteiger partial charge in [0.15, 0.2) is 0 Å². The van der Waals surface area contributed by atoms with E-state index in [0.29, 0.717) is 48.1 Å². The number of aromatic nitrogens is 2. The van der Waals surface area contributed by atoms with E-state index >= 15 is 0 Å². The lowest BCUT2D eigenvalue weighted by Crippen LogP contribution is -2.49. The molecule has 1 aromatic carbocycles. The molecule has 3 rings (SSSR count). The van der Waals surface area contributed by atoms with Crippen LogP contribution in [0.5, 0.6) is 0 Å². The lowest BCUT2D eigenvalue weighted by atomic mass is 10.1. The van der Waals surface area contributed by atoms with Crippen molar-refractivity contribution in [2.45, 2.75) is 13.8 Å². The quantitative estimate of drug-likeness (QED) is 0.606. The second kappa shape index (κ2) is 6.95. The van der Waals surface area contributed by atoms with E-state index in [1.165, 1.54) is 6.07 Å². The first-order valence-electron chi connectivity index (χ1n) is 8.28. The predicted molar refractivity (Wildman–Crippen MR) is 98.9 cm³/mol. The number of aryl methyl sites for hydroxylation is 2. The van der Waals surface area contributed by atoms with Crippen LogP contribution in [0.25, 0.3) is 0 Å². The number of piperazine rings is 1. The molecule has 0 bridgehead atoms. The van der Waals surface area contributed by atoms with Crippen LogP contribution in [0.1, 0.15) is 21.7 Å². The summed E-state index contributed by atoms with van der Waals surface area (Å²) in [5.41, 5.74) is 2.70. The summed E-state index contributed by atoms with van der Waals surface area (Å²) in [5, 5.41) is 15.9. The van der Waals surface area contributed by atoms with Gasteiger partial charge in [0.1, 0.15) is 5.69 Å². The number of rotatable bonds is 3. The summed E-state index contributed by atoms with van der Waals surface area (Å²) in [4.78, 5) is 27.4. The summed E-state index contributed by atoms with van der Waals surface area (Å²) in [5.74, 6) is -0.0432. The number of anilines is 1. The molecule has 8 nitrogen and oxygen atoms in total. The Kier molecular flexibility index (Phi) is 4.86. The molecule has 26 heavy (non-hydrogen) atoms. The monoisotopic (exact) mass is 377 g/mol. The zero-order chi connectivity index (χ0) is 19.0. The number of nitrogens with zero attached hydrogens (tertiary/aromatic N) is 5. The van der Waals surface area contributed by atoms with Crippen molar-refractivity contribution in [2.75, 3.05) is 31.1 Å². The molecule has 0 aliphatic carbocycles. The Hall–Kier alpha value is -2.61. The molecule has 1 fully saturated rings. The molecule has 0 saturated carbocycles. The average Bonchev–Trinajstić information content (AvgIpc) is 2.86. The zero-order valence-corrected chi connectivity index (χ0v) is 15.7. The van der Waals surface area contributed by atoms with Crippen molar-refractivity contribution in [3.63, 3.8) is 0 Å². The second-order valence-electron chi connectivity index (χ2n) is 6.34. The van der Waals surface area contributed by atoms with Gasteiger partial charge in [-0.2, -0.15) is 5.10 Å². The first-order chi connectivity index (χ1) is 12.3. The van der Waals surface area contributed by atoms with Gasteiger partial charge in [-0.25, -0.2) is 0 Å². The number of benzene rings is 1. The molecule has 0 N–H and O–H groups in total. The maximum absolute atomic E-state index is 12.8. The van der Waals surface area contributed by atoms with Crippen LogP contribution in [-0.2, 0) is 7.05 Å². The van der Waals surface area contributed by atoms with Crippen LogP contribution >= 0.6 is 11.6 Å². The van der Waals surface area contributed by atoms with Crippen LogP contribution in [0.15, 0.2) is 18.2 Å². The van der Waals surface area contributed by atoms with Gasteiger partial charge in [-0.1, -0.05) is 11.6 Å². The fourth-order valence-electron chi connectivity index (χ4n) is 3.30. The molecule has 1 amide bonds. The van der Waals surface area contributed by atoms with Crippen LogP contribution < -0.4 is 4.90 Å². The number of hydrogen-bond donors (Lipinski definition) is 0. The fraction of sp³-hybridized carbons (Fsp3) is 0.412. The topological polar surface area (TPSA) is 84.5 Å². The third-order valence-corrected chi connectivity index (χ3v) is 5.00. The normalized spacial score (nSPS) is 14.6. The van der Waals surface area contributed by atoms with Gasteiger partial charge < -0.3 is 9.80 Å². The Labute approximate surface area is 156 Å². The van der Waals surface area contributed by atoms with Gasteiger partial charge in [0.25, 0.3) is 11.6 Å². The minimum atomic E-state index is -0.429. The summed E-state index contributed by atoms with van der Waals surface area (Å²) < 4.78 is 1.70. The number of halogens is 1. The van der Waals surface area contributed by atoms with Crippen molar-refractivity contribution >= 4 is 28.9 Å². The summed E-state index contributed by atoms with van der Waals surface area (Å²) >= 11 is 5.88. The summed E-state index contributed by atoms with van der Waals surface area (Å²) in [6.45, 7) is 5.73. The van der Waals surface area contributed by atoms with Crippen LogP contribution in [-0.4, -0.2) is 51.7 Å². The highest BCUT2D eigenvalue weighted by Gasteiger charge is 2.28. The van der Waals surface area contributed by atoms with E-state index in [0.717, 1.165) is 5.69 Å². The predicted octanol–water partition coefficient (Wildman–Crippen LogP) is 2.56. The average molecular weight is 378 g/mol. The minimum Gasteiger partial charge on any atom is -0.362 e. The largest absolute Gasteiger partial charge is 0.362 e. The van der Waals surface area contributed by atoms with Crippen molar-refractivity contribution in [1.29, 1.82) is 0 Å². The van der Waals surface area contributed by atoms with Gasteiger partial charge >= 0.3 is 0 Å². The van der Waals surface area contributed by atoms with Gasteiger partial charge in [0, 0.05) is 50.0 Å². The molecule has 0 atom stereocenters. The smallest absolute Gasteiger partial charge is 0.294 e. The lowest BCUT2D eigenvalue weighted by Gasteiger charge is -2.35. The molecule has 2 aromatic rings. The van der Waals surface area contributed by atoms with Gasteiger partial charge in [-0.05, 0) is 26.0 Å². The number of nitro groups is 1. The third-order valence-electron chi connectivity index (χ3n) is 4.76. The fourth-order valence-corrected chi connectivity index (χ4v) is 3.47. The number of amides is 1. The molecule has 0 spiro atoms. The molecular formula is C17H20ClN5O3. The SMILES string of the molecule is Cc1nn(C)c(C)c1C(=O)N1CCN(c2ccc(Cl)cc2[N+](=O)[O-])CC1. The highest BCUT2D eigenvalue weighted by atomic mass is 35.5. The first-order valence-corrected chi connectivity index (χ1v) is 8.65. The van der Waals surface area contributed by atoms with Gasteiger partial charge in [-0.3, -0.25) is 19.6 Å². The Morgan fingerprint density at radius 2 is 1.88 bits per heavy atom. The molecule has 2 heterocycles. The van der Waals surface area contributed by atoms with E-state index in [4.69, 9.17) is 11.6 Å². The zero-order valence-electron chi connectivity index (χ0n) is 14.9. The number of nitro benzene ring substituents is 1. The molecular weight excluding hydrogens is 358 g/mol.